The lowest BCUT2D eigenvalue weighted by molar-refractivity contribution is -0.128. The van der Waals surface area contributed by atoms with Crippen LogP contribution < -0.4 is 4.74 Å². The number of hydrogen-bond donors (Lipinski definition) is 0. The Balaban J connectivity index is 2.52. The molecule has 0 heterocycles. The van der Waals surface area contributed by atoms with Crippen LogP contribution in [0.1, 0.15) is 20.8 Å². The van der Waals surface area contributed by atoms with Crippen LogP contribution in [-0.2, 0) is 4.79 Å². The van der Waals surface area contributed by atoms with Gasteiger partial charge in [0.2, 0.25) is 0 Å². The van der Waals surface area contributed by atoms with Crippen LogP contribution in [0.5, 0.6) is 5.75 Å². The van der Waals surface area contributed by atoms with Gasteiger partial charge in [-0.05, 0) is 30.5 Å². The molecule has 0 bridgehead atoms. The maximum Gasteiger partial charge on any atom is 0.175 e. The number of benzene rings is 1. The SMILES string of the molecule is CSc1ccc(OCC(=O)C(C)(C)C)cc1. The fourth-order valence-corrected chi connectivity index (χ4v) is 1.45. The summed E-state index contributed by atoms with van der Waals surface area (Å²) in [6.07, 6.45) is 2.03. The number of Topliss-reactive ketones (excluding diaryl/α,β-unsaturated/α-hetero) is 1. The van der Waals surface area contributed by atoms with Gasteiger partial charge in [0.1, 0.15) is 12.4 Å². The second-order valence-corrected chi connectivity index (χ2v) is 5.52. The van der Waals surface area contributed by atoms with E-state index in [0.29, 0.717) is 0 Å². The summed E-state index contributed by atoms with van der Waals surface area (Å²) < 4.78 is 5.43. The van der Waals surface area contributed by atoms with Crippen molar-refractivity contribution in [1.82, 2.24) is 0 Å². The van der Waals surface area contributed by atoms with E-state index in [2.05, 4.69) is 0 Å². The van der Waals surface area contributed by atoms with E-state index >= 15 is 0 Å². The third kappa shape index (κ3) is 3.89. The minimum atomic E-state index is -0.334. The molecule has 88 valence electrons. The smallest absolute Gasteiger partial charge is 0.175 e. The summed E-state index contributed by atoms with van der Waals surface area (Å²) in [6, 6.07) is 7.76. The van der Waals surface area contributed by atoms with Crippen molar-refractivity contribution in [2.75, 3.05) is 12.9 Å². The van der Waals surface area contributed by atoms with Crippen LogP contribution in [0.25, 0.3) is 0 Å². The standard InChI is InChI=1S/C13H18O2S/c1-13(2,3)12(14)9-15-10-5-7-11(16-4)8-6-10/h5-8H,9H2,1-4H3. The monoisotopic (exact) mass is 238 g/mol. The lowest BCUT2D eigenvalue weighted by Gasteiger charge is -2.16. The third-order valence-electron chi connectivity index (χ3n) is 2.27. The quantitative estimate of drug-likeness (QED) is 0.752. The van der Waals surface area contributed by atoms with E-state index in [1.54, 1.807) is 11.8 Å². The van der Waals surface area contributed by atoms with Gasteiger partial charge in [0.15, 0.2) is 5.78 Å². The molecule has 0 atom stereocenters. The van der Waals surface area contributed by atoms with Crippen molar-refractivity contribution in [1.29, 1.82) is 0 Å². The summed E-state index contributed by atoms with van der Waals surface area (Å²) >= 11 is 1.68. The van der Waals surface area contributed by atoms with Crippen molar-refractivity contribution in [3.63, 3.8) is 0 Å². The van der Waals surface area contributed by atoms with Gasteiger partial charge in [0, 0.05) is 10.3 Å². The van der Waals surface area contributed by atoms with Crippen molar-refractivity contribution >= 4 is 17.5 Å². The lowest BCUT2D eigenvalue weighted by Crippen LogP contribution is -2.26. The first-order valence-corrected chi connectivity index (χ1v) is 6.46. The van der Waals surface area contributed by atoms with Gasteiger partial charge < -0.3 is 4.74 Å². The Hall–Kier alpha value is -0.960. The Morgan fingerprint density at radius 3 is 2.25 bits per heavy atom. The maximum absolute atomic E-state index is 11.6. The summed E-state index contributed by atoms with van der Waals surface area (Å²) in [5, 5.41) is 0. The molecule has 16 heavy (non-hydrogen) atoms. The van der Waals surface area contributed by atoms with Gasteiger partial charge in [0.25, 0.3) is 0 Å². The fraction of sp³-hybridized carbons (Fsp3) is 0.462. The van der Waals surface area contributed by atoms with E-state index in [4.69, 9.17) is 4.74 Å². The lowest BCUT2D eigenvalue weighted by atomic mass is 9.91. The predicted octanol–water partition coefficient (Wildman–Crippen LogP) is 3.40. The molecule has 0 aromatic heterocycles. The fourth-order valence-electron chi connectivity index (χ4n) is 1.04. The van der Waals surface area contributed by atoms with E-state index in [-0.39, 0.29) is 17.8 Å². The van der Waals surface area contributed by atoms with E-state index in [1.165, 1.54) is 4.90 Å². The van der Waals surface area contributed by atoms with Gasteiger partial charge in [-0.15, -0.1) is 11.8 Å². The second kappa shape index (κ2) is 5.39. The Bertz CT molecular complexity index is 349. The number of carbonyl (C=O) groups excluding carboxylic acids is 1. The zero-order valence-electron chi connectivity index (χ0n) is 10.2. The molecule has 0 saturated carbocycles. The average Bonchev–Trinajstić information content (AvgIpc) is 2.25. The van der Waals surface area contributed by atoms with Crippen LogP contribution in [0.2, 0.25) is 0 Å². The Kier molecular flexibility index (Phi) is 4.42. The number of thioether (sulfide) groups is 1. The average molecular weight is 238 g/mol. The highest BCUT2D eigenvalue weighted by Gasteiger charge is 2.21. The summed E-state index contributed by atoms with van der Waals surface area (Å²) in [7, 11) is 0. The van der Waals surface area contributed by atoms with E-state index in [1.807, 2.05) is 51.3 Å². The Morgan fingerprint density at radius 2 is 1.81 bits per heavy atom. The first-order chi connectivity index (χ1) is 7.43. The topological polar surface area (TPSA) is 26.3 Å². The molecule has 0 saturated heterocycles. The molecule has 0 fully saturated rings. The van der Waals surface area contributed by atoms with Gasteiger partial charge in [0.05, 0.1) is 0 Å². The van der Waals surface area contributed by atoms with Gasteiger partial charge in [-0.2, -0.15) is 0 Å². The van der Waals surface area contributed by atoms with Crippen LogP contribution in [0, 0.1) is 5.41 Å². The van der Waals surface area contributed by atoms with Gasteiger partial charge in [-0.25, -0.2) is 0 Å². The molecule has 0 unspecified atom stereocenters. The molecule has 0 radical (unpaired) electrons. The van der Waals surface area contributed by atoms with E-state index < -0.39 is 0 Å². The van der Waals surface area contributed by atoms with Crippen molar-refractivity contribution in [3.8, 4) is 5.75 Å². The summed E-state index contributed by atoms with van der Waals surface area (Å²) in [5.74, 6) is 0.858. The summed E-state index contributed by atoms with van der Waals surface area (Å²) in [6.45, 7) is 5.84. The minimum absolute atomic E-state index is 0.112. The molecule has 1 rings (SSSR count). The van der Waals surface area contributed by atoms with Crippen molar-refractivity contribution in [2.45, 2.75) is 25.7 Å². The molecule has 1 aromatic carbocycles. The highest BCUT2D eigenvalue weighted by molar-refractivity contribution is 7.98. The summed E-state index contributed by atoms with van der Waals surface area (Å²) in [4.78, 5) is 12.8. The second-order valence-electron chi connectivity index (χ2n) is 4.64. The van der Waals surface area contributed by atoms with Gasteiger partial charge >= 0.3 is 0 Å². The zero-order chi connectivity index (χ0) is 12.2. The summed E-state index contributed by atoms with van der Waals surface area (Å²) in [5.41, 5.74) is -0.334. The highest BCUT2D eigenvalue weighted by Crippen LogP contribution is 2.20. The van der Waals surface area contributed by atoms with Crippen LogP contribution >= 0.6 is 11.8 Å². The normalized spacial score (nSPS) is 11.2. The number of carbonyl (C=O) groups is 1. The molecule has 0 spiro atoms. The van der Waals surface area contributed by atoms with E-state index in [0.717, 1.165) is 5.75 Å². The molecule has 2 nitrogen and oxygen atoms in total. The molecule has 0 N–H and O–H groups in total. The van der Waals surface area contributed by atoms with Crippen LogP contribution in [-0.4, -0.2) is 18.6 Å². The van der Waals surface area contributed by atoms with Crippen LogP contribution in [0.15, 0.2) is 29.2 Å². The molecule has 0 aliphatic heterocycles. The predicted molar refractivity (Wildman–Crippen MR) is 68.2 cm³/mol. The first-order valence-electron chi connectivity index (χ1n) is 5.23. The highest BCUT2D eigenvalue weighted by atomic mass is 32.2. The minimum Gasteiger partial charge on any atom is -0.486 e. The molecule has 0 aliphatic carbocycles. The molecule has 0 amide bonds. The number of ketones is 1. The van der Waals surface area contributed by atoms with Crippen molar-refractivity contribution in [2.24, 2.45) is 5.41 Å². The molecule has 0 aliphatic rings. The van der Waals surface area contributed by atoms with Crippen molar-refractivity contribution in [3.05, 3.63) is 24.3 Å². The Morgan fingerprint density at radius 1 is 1.25 bits per heavy atom. The largest absolute Gasteiger partial charge is 0.486 e. The molecular formula is C13H18O2S. The number of hydrogen-bond acceptors (Lipinski definition) is 3. The molecular weight excluding hydrogens is 220 g/mol. The Labute approximate surface area is 101 Å². The van der Waals surface area contributed by atoms with Crippen LogP contribution in [0.4, 0.5) is 0 Å². The maximum atomic E-state index is 11.6. The van der Waals surface area contributed by atoms with Crippen LogP contribution in [0.3, 0.4) is 0 Å². The number of rotatable bonds is 4. The van der Waals surface area contributed by atoms with E-state index in [9.17, 15) is 4.79 Å². The number of ether oxygens (including phenoxy) is 1. The van der Waals surface area contributed by atoms with Gasteiger partial charge in [-0.1, -0.05) is 20.8 Å². The molecule has 1 aromatic rings. The first kappa shape index (κ1) is 13.1. The third-order valence-corrected chi connectivity index (χ3v) is 3.01. The zero-order valence-corrected chi connectivity index (χ0v) is 11.1. The van der Waals surface area contributed by atoms with Crippen molar-refractivity contribution < 1.29 is 9.53 Å². The van der Waals surface area contributed by atoms with Gasteiger partial charge in [-0.3, -0.25) is 4.79 Å². The molecule has 3 heteroatoms.